The lowest BCUT2D eigenvalue weighted by Gasteiger charge is -2.32. The van der Waals surface area contributed by atoms with E-state index in [0.29, 0.717) is 101 Å². The first-order valence-electron chi connectivity index (χ1n) is 40.9. The van der Waals surface area contributed by atoms with E-state index in [9.17, 15) is 72.5 Å². The number of likely N-dealkylation sites (tertiary alicyclic amines) is 1. The Balaban J connectivity index is 1.55. The van der Waals surface area contributed by atoms with Gasteiger partial charge in [-0.2, -0.15) is 0 Å². The first-order valence-corrected chi connectivity index (χ1v) is 40.9. The fraction of sp³-hybridized carbons (Fsp3) is 0.627. The Kier molecular flexibility index (Phi) is 44.4. The first-order chi connectivity index (χ1) is 54.7. The summed E-state index contributed by atoms with van der Waals surface area (Å²) in [5, 5.41) is 51.8. The van der Waals surface area contributed by atoms with Gasteiger partial charge in [0.25, 0.3) is 0 Å². The molecule has 640 valence electrons. The van der Waals surface area contributed by atoms with Crippen LogP contribution in [0.5, 0.6) is 0 Å². The molecule has 1 fully saturated rings. The molecule has 3 aromatic rings. The van der Waals surface area contributed by atoms with Gasteiger partial charge in [-0.25, -0.2) is 4.79 Å². The van der Waals surface area contributed by atoms with Crippen LogP contribution >= 0.6 is 0 Å². The van der Waals surface area contributed by atoms with Gasteiger partial charge in [0.1, 0.15) is 72.5 Å². The third-order valence-corrected chi connectivity index (χ3v) is 19.9. The SMILES string of the molecule is CC(C)C[C@H](NC(=O)[C@H](CCCCN)NC(=O)[C@H](CCCCN)NC(=O)[C@H](CCCCN)NC(=O)[C@@H](N)CCCCN)C(=O)N[C@H](C(=O)N[C@@H](CC(C)C)C(=O)N1CCC[C@H]1C(=O)N[C@H](C(=O)N[C@@H](CC(C)C)C(=O)N[C@@H](Cc1ccccc1)C(=O)N[C@@H](Cc1ccccc1)C(=O)N[C@@H](Cc1ccccc1)C(=O)O)[C@@H](C)O)C(C)C. The van der Waals surface area contributed by atoms with Crippen LogP contribution in [0.25, 0.3) is 0 Å². The lowest BCUT2D eigenvalue weighted by molar-refractivity contribution is -0.143. The molecule has 0 spiro atoms. The molecule has 0 saturated carbocycles. The number of aliphatic carboxylic acids is 1. The minimum Gasteiger partial charge on any atom is -0.480 e. The predicted octanol–water partition coefficient (Wildman–Crippen LogP) is 1.14. The lowest BCUT2D eigenvalue weighted by Crippen LogP contribution is -2.62. The van der Waals surface area contributed by atoms with Crippen molar-refractivity contribution in [1.82, 2.24) is 63.4 Å². The van der Waals surface area contributed by atoms with Crippen LogP contribution in [0.4, 0.5) is 0 Å². The lowest BCUT2D eigenvalue weighted by atomic mass is 9.97. The summed E-state index contributed by atoms with van der Waals surface area (Å²) in [7, 11) is 0. The van der Waals surface area contributed by atoms with E-state index in [4.69, 9.17) is 28.7 Å². The molecule has 0 radical (unpaired) electrons. The number of carbonyl (C=O) groups excluding carboxylic acids is 12. The molecule has 1 saturated heterocycles. The highest BCUT2D eigenvalue weighted by molar-refractivity contribution is 6.00. The maximum absolute atomic E-state index is 15.0. The predicted molar refractivity (Wildman–Crippen MR) is 439 cm³/mol. The number of benzene rings is 3. The highest BCUT2D eigenvalue weighted by Gasteiger charge is 2.43. The molecular formula is C83H133N17O15. The minimum absolute atomic E-state index is 0.00410. The van der Waals surface area contributed by atoms with Gasteiger partial charge in [0.15, 0.2) is 0 Å². The maximum Gasteiger partial charge on any atom is 0.326 e. The van der Waals surface area contributed by atoms with Gasteiger partial charge in [-0.05, 0) is 176 Å². The zero-order valence-corrected chi connectivity index (χ0v) is 68.8. The van der Waals surface area contributed by atoms with Crippen LogP contribution in [-0.4, -0.2) is 209 Å². The number of nitrogens with zero attached hydrogens (tertiary/aromatic N) is 1. The highest BCUT2D eigenvalue weighted by atomic mass is 16.4. The number of rotatable bonds is 54. The molecule has 32 heteroatoms. The molecule has 1 aliphatic heterocycles. The number of amides is 12. The van der Waals surface area contributed by atoms with Crippen molar-refractivity contribution in [1.29, 1.82) is 0 Å². The summed E-state index contributed by atoms with van der Waals surface area (Å²) in [6.07, 6.45) is 3.55. The number of carboxylic acid groups (broad SMARTS) is 1. The quantitative estimate of drug-likeness (QED) is 0.0352. The van der Waals surface area contributed by atoms with E-state index in [1.165, 1.54) is 11.8 Å². The summed E-state index contributed by atoms with van der Waals surface area (Å²) in [4.78, 5) is 187. The van der Waals surface area contributed by atoms with E-state index in [1.807, 2.05) is 27.7 Å². The van der Waals surface area contributed by atoms with Gasteiger partial charge in [0, 0.05) is 25.8 Å². The van der Waals surface area contributed by atoms with Crippen LogP contribution in [0.1, 0.15) is 188 Å². The summed E-state index contributed by atoms with van der Waals surface area (Å²) in [5.74, 6) is -11.6. The molecule has 0 unspecified atom stereocenters. The van der Waals surface area contributed by atoms with Gasteiger partial charge < -0.3 is 102 Å². The van der Waals surface area contributed by atoms with Gasteiger partial charge in [-0.15, -0.1) is 0 Å². The molecule has 4 rings (SSSR count). The Bertz CT molecular complexity index is 3540. The van der Waals surface area contributed by atoms with Crippen LogP contribution in [0.3, 0.4) is 0 Å². The summed E-state index contributed by atoms with van der Waals surface area (Å²) in [6, 6.07) is 9.46. The van der Waals surface area contributed by atoms with Crippen LogP contribution in [0, 0.1) is 23.7 Å². The molecular weight excluding hydrogens is 1480 g/mol. The molecule has 0 aromatic heterocycles. The number of hydrogen-bond donors (Lipinski definition) is 18. The molecule has 3 aromatic carbocycles. The number of nitrogens with one attached hydrogen (secondary N) is 11. The largest absolute Gasteiger partial charge is 0.480 e. The molecule has 12 amide bonds. The van der Waals surface area contributed by atoms with Gasteiger partial charge >= 0.3 is 5.97 Å². The Morgan fingerprint density at radius 1 is 0.374 bits per heavy atom. The Labute approximate surface area is 677 Å². The average Bonchev–Trinajstić information content (AvgIpc) is 1.75. The highest BCUT2D eigenvalue weighted by Crippen LogP contribution is 2.23. The topological polar surface area (TPSA) is 528 Å². The van der Waals surface area contributed by atoms with Gasteiger partial charge in [0.05, 0.1) is 12.1 Å². The average molecular weight is 1610 g/mol. The van der Waals surface area contributed by atoms with Crippen LogP contribution in [0.15, 0.2) is 91.0 Å². The summed E-state index contributed by atoms with van der Waals surface area (Å²) < 4.78 is 0. The summed E-state index contributed by atoms with van der Waals surface area (Å²) >= 11 is 0. The molecule has 115 heavy (non-hydrogen) atoms. The van der Waals surface area contributed by atoms with E-state index in [0.717, 1.165) is 0 Å². The molecule has 0 aliphatic carbocycles. The monoisotopic (exact) mass is 1610 g/mol. The second-order valence-corrected chi connectivity index (χ2v) is 31.7. The van der Waals surface area contributed by atoms with Crippen molar-refractivity contribution >= 4 is 76.9 Å². The standard InChI is InChI=1S/C83H133N17O15/c1-50(2)44-62(75(106)93-64(47-55-28-13-10-14-29-55)76(107)94-65(48-56-30-15-11-16-31-56)77(108)97-67(83(114)115)49-57-32-17-12-18-33-57)95-81(112)70(54(9)101)99-79(110)68-38-27-43-100(68)82(113)66(46-52(5)6)96-80(111)69(53(7)8)98-78(109)63(45-51(3)4)92-74(105)61(37-22-26-42-87)91-73(104)60(36-21-25-41-86)90-72(103)59(35-20-24-40-85)89-71(102)58(88)34-19-23-39-84/h10-18,28-33,50-54,58-70,101H,19-27,34-49,84-88H2,1-9H3,(H,89,102)(H,90,103)(H,91,104)(H,92,105)(H,93,106)(H,94,107)(H,95,112)(H,96,111)(H,97,108)(H,98,109)(H,99,110)(H,114,115)/t54-,58+,59+,60+,61+,62+,63+,64+,65+,66+,67+,68+,69+,70+/m1/s1. The van der Waals surface area contributed by atoms with E-state index >= 15 is 0 Å². The van der Waals surface area contributed by atoms with Crippen molar-refractivity contribution in [2.24, 2.45) is 52.3 Å². The molecule has 0 bridgehead atoms. The third-order valence-electron chi connectivity index (χ3n) is 19.9. The summed E-state index contributed by atoms with van der Waals surface area (Å²) in [5.41, 5.74) is 31.2. The normalized spacial score (nSPS) is 16.2. The molecule has 1 heterocycles. The number of unbranched alkanes of at least 4 members (excludes halogenated alkanes) is 4. The Morgan fingerprint density at radius 3 is 1.07 bits per heavy atom. The van der Waals surface area contributed by atoms with Crippen molar-refractivity contribution in [3.05, 3.63) is 108 Å². The van der Waals surface area contributed by atoms with Crippen molar-refractivity contribution in [2.45, 2.75) is 275 Å². The number of carboxylic acids is 1. The first kappa shape index (κ1) is 97.9. The van der Waals surface area contributed by atoms with Crippen LogP contribution < -0.4 is 87.2 Å². The smallest absolute Gasteiger partial charge is 0.326 e. The second-order valence-electron chi connectivity index (χ2n) is 31.7. The second kappa shape index (κ2) is 52.2. The Morgan fingerprint density at radius 2 is 0.687 bits per heavy atom. The number of aliphatic hydroxyl groups excluding tert-OH is 1. The molecule has 1 aliphatic rings. The van der Waals surface area contributed by atoms with Gasteiger partial charge in [-0.3, -0.25) is 57.5 Å². The number of carbonyl (C=O) groups is 13. The molecule has 32 nitrogen and oxygen atoms in total. The zero-order valence-electron chi connectivity index (χ0n) is 68.8. The molecule has 14 atom stereocenters. The fourth-order valence-electron chi connectivity index (χ4n) is 13.6. The van der Waals surface area contributed by atoms with Crippen molar-refractivity contribution < 1.29 is 72.5 Å². The number of nitrogens with two attached hydrogens (primary N) is 5. The fourth-order valence-corrected chi connectivity index (χ4v) is 13.6. The van der Waals surface area contributed by atoms with E-state index < -0.39 is 167 Å². The third kappa shape index (κ3) is 35.3. The van der Waals surface area contributed by atoms with Gasteiger partial charge in [-0.1, -0.05) is 153 Å². The Hall–Kier alpha value is -9.47. The van der Waals surface area contributed by atoms with Crippen LogP contribution in [-0.2, 0) is 81.6 Å². The van der Waals surface area contributed by atoms with Gasteiger partial charge in [0.2, 0.25) is 70.9 Å². The van der Waals surface area contributed by atoms with Crippen molar-refractivity contribution in [3.8, 4) is 0 Å². The summed E-state index contributed by atoms with van der Waals surface area (Å²) in [6.45, 7) is 16.9. The van der Waals surface area contributed by atoms with E-state index in [-0.39, 0.29) is 95.1 Å². The zero-order chi connectivity index (χ0) is 85.3. The van der Waals surface area contributed by atoms with Crippen molar-refractivity contribution in [2.75, 3.05) is 32.7 Å². The maximum atomic E-state index is 15.0. The minimum atomic E-state index is -1.71. The van der Waals surface area contributed by atoms with E-state index in [1.54, 1.807) is 119 Å². The number of hydrogen-bond acceptors (Lipinski definition) is 19. The number of aliphatic hydroxyl groups is 1. The molecule has 23 N–H and O–H groups in total. The van der Waals surface area contributed by atoms with Crippen LogP contribution in [0.2, 0.25) is 0 Å². The van der Waals surface area contributed by atoms with E-state index in [2.05, 4.69) is 58.5 Å². The van der Waals surface area contributed by atoms with Crippen molar-refractivity contribution in [3.63, 3.8) is 0 Å².